The van der Waals surface area contributed by atoms with Crippen LogP contribution in [0.2, 0.25) is 0 Å². The second kappa shape index (κ2) is 8.84. The molecule has 0 fully saturated rings. The van der Waals surface area contributed by atoms with Crippen LogP contribution in [-0.4, -0.2) is 36.1 Å². The van der Waals surface area contributed by atoms with Gasteiger partial charge >= 0.3 is 0 Å². The van der Waals surface area contributed by atoms with Crippen LogP contribution >= 0.6 is 23.5 Å². The minimum Gasteiger partial charge on any atom is -0.338 e. The van der Waals surface area contributed by atoms with E-state index in [2.05, 4.69) is 45.4 Å². The highest BCUT2D eigenvalue weighted by Crippen LogP contribution is 2.28. The normalized spacial score (nSPS) is 13.4. The molecule has 31 heavy (non-hydrogen) atoms. The molecule has 5 rings (SSSR count). The topological polar surface area (TPSA) is 82.5 Å². The molecule has 3 aromatic heterocycles. The number of benzene rings is 1. The number of thioether (sulfide) groups is 2. The highest BCUT2D eigenvalue weighted by molar-refractivity contribution is 7.98. The summed E-state index contributed by atoms with van der Waals surface area (Å²) in [5.74, 6) is 2.53. The fourth-order valence-corrected chi connectivity index (χ4v) is 4.91. The molecule has 4 aromatic rings. The lowest BCUT2D eigenvalue weighted by Gasteiger charge is -2.13. The monoisotopic (exact) mass is 450 g/mol. The molecule has 0 N–H and O–H groups in total. The van der Waals surface area contributed by atoms with Crippen molar-refractivity contribution in [3.63, 3.8) is 0 Å². The van der Waals surface area contributed by atoms with E-state index in [1.165, 1.54) is 29.0 Å². The number of hydrogen-bond donors (Lipinski definition) is 0. The van der Waals surface area contributed by atoms with Gasteiger partial charge in [-0.15, -0.1) is 11.8 Å². The number of aromatic nitrogens is 6. The molecule has 0 aliphatic heterocycles. The molecule has 7 nitrogen and oxygen atoms in total. The van der Waals surface area contributed by atoms with Gasteiger partial charge in [0, 0.05) is 22.2 Å². The summed E-state index contributed by atoms with van der Waals surface area (Å²) in [7, 11) is 0. The molecule has 0 spiro atoms. The maximum absolute atomic E-state index is 5.44. The van der Waals surface area contributed by atoms with Gasteiger partial charge in [-0.25, -0.2) is 14.6 Å². The highest BCUT2D eigenvalue weighted by Gasteiger charge is 2.20. The van der Waals surface area contributed by atoms with Crippen molar-refractivity contribution in [1.82, 2.24) is 29.9 Å². The summed E-state index contributed by atoms with van der Waals surface area (Å²) in [5.41, 5.74) is 4.71. The lowest BCUT2D eigenvalue weighted by atomic mass is 9.96. The Labute approximate surface area is 189 Å². The predicted molar refractivity (Wildman–Crippen MR) is 122 cm³/mol. The Kier molecular flexibility index (Phi) is 5.78. The third kappa shape index (κ3) is 4.24. The zero-order valence-corrected chi connectivity index (χ0v) is 19.0. The summed E-state index contributed by atoms with van der Waals surface area (Å²) < 4.78 is 7.43. The summed E-state index contributed by atoms with van der Waals surface area (Å²) in [6.45, 7) is 2.08. The maximum Gasteiger partial charge on any atom is 0.237 e. The fourth-order valence-electron chi connectivity index (χ4n) is 3.80. The first-order chi connectivity index (χ1) is 15.2. The van der Waals surface area contributed by atoms with Gasteiger partial charge in [0.2, 0.25) is 11.7 Å². The van der Waals surface area contributed by atoms with E-state index in [0.29, 0.717) is 17.5 Å². The molecule has 0 amide bonds. The Balaban J connectivity index is 1.30. The standard InChI is InChI=1S/C22H22N6OS2/c1-14-17-5-3-4-6-18(17)28(26-14)19-11-21(24-13-23-19)31-12-20-25-22(27-29-20)15-7-9-16(30-2)10-8-15/h7-11,13H,3-6,12H2,1-2H3. The lowest BCUT2D eigenvalue weighted by Crippen LogP contribution is -2.09. The molecule has 0 unspecified atom stereocenters. The first kappa shape index (κ1) is 20.3. The Bertz CT molecular complexity index is 1200. The van der Waals surface area contributed by atoms with Crippen molar-refractivity contribution >= 4 is 23.5 Å². The number of aryl methyl sites for hydroxylation is 1. The third-order valence-corrected chi connectivity index (χ3v) is 7.04. The fraction of sp³-hybridized carbons (Fsp3) is 0.318. The van der Waals surface area contributed by atoms with Crippen LogP contribution in [0, 0.1) is 6.92 Å². The molecular weight excluding hydrogens is 428 g/mol. The summed E-state index contributed by atoms with van der Waals surface area (Å²) in [6.07, 6.45) is 8.23. The predicted octanol–water partition coefficient (Wildman–Crippen LogP) is 4.91. The molecular formula is C22H22N6OS2. The van der Waals surface area contributed by atoms with E-state index in [9.17, 15) is 0 Å². The SMILES string of the molecule is CSc1ccc(-c2noc(CSc3cc(-n4nc(C)c5c4CCCC5)ncn3)n2)cc1. The van der Waals surface area contributed by atoms with E-state index in [-0.39, 0.29) is 0 Å². The lowest BCUT2D eigenvalue weighted by molar-refractivity contribution is 0.391. The molecule has 0 saturated carbocycles. The van der Waals surface area contributed by atoms with Crippen LogP contribution in [0.15, 0.2) is 51.1 Å². The maximum atomic E-state index is 5.44. The smallest absolute Gasteiger partial charge is 0.237 e. The molecule has 0 saturated heterocycles. The van der Waals surface area contributed by atoms with Crippen LogP contribution < -0.4 is 0 Å². The van der Waals surface area contributed by atoms with Gasteiger partial charge in [0.05, 0.1) is 11.4 Å². The number of fused-ring (bicyclic) bond motifs is 1. The van der Waals surface area contributed by atoms with Crippen molar-refractivity contribution in [1.29, 1.82) is 0 Å². The minimum absolute atomic E-state index is 0.544. The van der Waals surface area contributed by atoms with Crippen LogP contribution in [0.5, 0.6) is 0 Å². The van der Waals surface area contributed by atoms with Crippen LogP contribution in [0.4, 0.5) is 0 Å². The molecule has 158 valence electrons. The van der Waals surface area contributed by atoms with Crippen molar-refractivity contribution in [3.8, 4) is 17.2 Å². The van der Waals surface area contributed by atoms with Crippen LogP contribution in [0.25, 0.3) is 17.2 Å². The first-order valence-corrected chi connectivity index (χ1v) is 12.4. The van der Waals surface area contributed by atoms with Gasteiger partial charge in [0.15, 0.2) is 5.82 Å². The van der Waals surface area contributed by atoms with Gasteiger partial charge in [0.1, 0.15) is 11.4 Å². The van der Waals surface area contributed by atoms with Gasteiger partial charge in [-0.2, -0.15) is 10.1 Å². The first-order valence-electron chi connectivity index (χ1n) is 10.2. The van der Waals surface area contributed by atoms with E-state index < -0.39 is 0 Å². The molecule has 1 aliphatic carbocycles. The van der Waals surface area contributed by atoms with E-state index >= 15 is 0 Å². The summed E-state index contributed by atoms with van der Waals surface area (Å²) in [4.78, 5) is 14.6. The van der Waals surface area contributed by atoms with E-state index in [1.54, 1.807) is 29.9 Å². The molecule has 0 radical (unpaired) electrons. The number of hydrogen-bond acceptors (Lipinski definition) is 8. The highest BCUT2D eigenvalue weighted by atomic mass is 32.2. The number of rotatable bonds is 6. The second-order valence-electron chi connectivity index (χ2n) is 7.37. The average Bonchev–Trinajstić information content (AvgIpc) is 3.43. The van der Waals surface area contributed by atoms with E-state index in [0.717, 1.165) is 34.9 Å². The minimum atomic E-state index is 0.544. The van der Waals surface area contributed by atoms with Crippen molar-refractivity contribution in [2.24, 2.45) is 0 Å². The molecule has 0 atom stereocenters. The molecule has 1 aliphatic rings. The van der Waals surface area contributed by atoms with Gasteiger partial charge in [-0.05, 0) is 68.7 Å². The molecule has 0 bridgehead atoms. The van der Waals surface area contributed by atoms with Crippen molar-refractivity contribution in [2.45, 2.75) is 48.3 Å². The molecule has 1 aromatic carbocycles. The number of nitrogens with zero attached hydrogens (tertiary/aromatic N) is 6. The molecule has 9 heteroatoms. The van der Waals surface area contributed by atoms with E-state index in [1.807, 2.05) is 22.9 Å². The van der Waals surface area contributed by atoms with E-state index in [4.69, 9.17) is 9.62 Å². The largest absolute Gasteiger partial charge is 0.338 e. The quantitative estimate of drug-likeness (QED) is 0.303. The van der Waals surface area contributed by atoms with Crippen LogP contribution in [-0.2, 0) is 18.6 Å². The van der Waals surface area contributed by atoms with Crippen LogP contribution in [0.1, 0.15) is 35.7 Å². The van der Waals surface area contributed by atoms with Crippen molar-refractivity contribution in [2.75, 3.05) is 6.26 Å². The van der Waals surface area contributed by atoms with Crippen LogP contribution in [0.3, 0.4) is 0 Å². The van der Waals surface area contributed by atoms with Gasteiger partial charge < -0.3 is 4.52 Å². The molecule has 3 heterocycles. The van der Waals surface area contributed by atoms with Crippen molar-refractivity contribution < 1.29 is 4.52 Å². The Morgan fingerprint density at radius 1 is 1.10 bits per heavy atom. The zero-order valence-electron chi connectivity index (χ0n) is 17.4. The summed E-state index contributed by atoms with van der Waals surface area (Å²) in [5, 5.41) is 9.72. The van der Waals surface area contributed by atoms with Gasteiger partial charge in [0.25, 0.3) is 0 Å². The third-order valence-electron chi connectivity index (χ3n) is 5.39. The Morgan fingerprint density at radius 3 is 2.77 bits per heavy atom. The Hall–Kier alpha value is -2.65. The second-order valence-corrected chi connectivity index (χ2v) is 9.25. The Morgan fingerprint density at radius 2 is 1.94 bits per heavy atom. The summed E-state index contributed by atoms with van der Waals surface area (Å²) >= 11 is 3.26. The average molecular weight is 451 g/mol. The zero-order chi connectivity index (χ0) is 21.2. The van der Waals surface area contributed by atoms with Gasteiger partial charge in [-0.1, -0.05) is 16.9 Å². The van der Waals surface area contributed by atoms with Crippen molar-refractivity contribution in [3.05, 3.63) is 59.5 Å². The van der Waals surface area contributed by atoms with Gasteiger partial charge in [-0.3, -0.25) is 0 Å². The summed E-state index contributed by atoms with van der Waals surface area (Å²) in [6, 6.07) is 10.1.